The summed E-state index contributed by atoms with van der Waals surface area (Å²) in [6.07, 6.45) is -2.82. The van der Waals surface area contributed by atoms with E-state index < -0.39 is 23.0 Å². The minimum atomic E-state index is -4.57. The van der Waals surface area contributed by atoms with Crippen LogP contribution in [0.25, 0.3) is 5.69 Å². The van der Waals surface area contributed by atoms with E-state index in [4.69, 9.17) is 22.7 Å². The van der Waals surface area contributed by atoms with E-state index in [2.05, 4.69) is 10.1 Å². The van der Waals surface area contributed by atoms with Crippen molar-refractivity contribution in [3.63, 3.8) is 0 Å². The first-order valence-corrected chi connectivity index (χ1v) is 8.87. The SMILES string of the molecule is N#Cc1cn(-c2ccc(/C(Cc3ncc(C(F)(F)F)cc3Cl)=N\N)cc2)c(=O)[nH]c1=O. The number of nitrogens with zero attached hydrogens (tertiary/aromatic N) is 4. The normalized spacial score (nSPS) is 11.9. The van der Waals surface area contributed by atoms with Gasteiger partial charge in [0.15, 0.2) is 0 Å². The highest BCUT2D eigenvalue weighted by molar-refractivity contribution is 6.31. The van der Waals surface area contributed by atoms with Crippen molar-refractivity contribution in [1.29, 1.82) is 5.26 Å². The molecule has 0 aliphatic heterocycles. The average molecular weight is 449 g/mol. The molecule has 0 radical (unpaired) electrons. The van der Waals surface area contributed by atoms with Crippen LogP contribution >= 0.6 is 11.6 Å². The molecule has 0 fully saturated rings. The summed E-state index contributed by atoms with van der Waals surface area (Å²) in [5, 5.41) is 12.4. The van der Waals surface area contributed by atoms with Crippen molar-refractivity contribution in [2.75, 3.05) is 0 Å². The maximum Gasteiger partial charge on any atom is 0.417 e. The summed E-state index contributed by atoms with van der Waals surface area (Å²) < 4.78 is 39.4. The molecule has 0 aliphatic carbocycles. The number of benzene rings is 1. The Morgan fingerprint density at radius 1 is 1.29 bits per heavy atom. The first kappa shape index (κ1) is 21.8. The van der Waals surface area contributed by atoms with Gasteiger partial charge in [0.25, 0.3) is 5.56 Å². The second kappa shape index (κ2) is 8.45. The summed E-state index contributed by atoms with van der Waals surface area (Å²) in [5.41, 5.74) is -1.45. The van der Waals surface area contributed by atoms with Crippen LogP contribution in [0.4, 0.5) is 13.2 Å². The molecule has 0 saturated carbocycles. The van der Waals surface area contributed by atoms with E-state index in [0.717, 1.165) is 16.8 Å². The number of pyridine rings is 1. The number of nitrogens with one attached hydrogen (secondary N) is 1. The second-order valence-electron chi connectivity index (χ2n) is 6.23. The number of rotatable bonds is 4. The van der Waals surface area contributed by atoms with Gasteiger partial charge in [0, 0.05) is 18.8 Å². The lowest BCUT2D eigenvalue weighted by Crippen LogP contribution is -2.30. The molecule has 0 atom stereocenters. The van der Waals surface area contributed by atoms with Crippen LogP contribution in [0.2, 0.25) is 5.02 Å². The standard InChI is InChI=1S/C19H12ClF3N6O2/c20-14-5-12(19(21,22)23)8-26-16(14)6-15(28-25)10-1-3-13(4-2-10)29-9-11(7-24)17(30)27-18(29)31/h1-5,8-9H,6,25H2,(H,27,30,31)/b28-15-. The van der Waals surface area contributed by atoms with Gasteiger partial charge >= 0.3 is 11.9 Å². The number of hydrazone groups is 1. The van der Waals surface area contributed by atoms with Crippen molar-refractivity contribution >= 4 is 17.3 Å². The molecule has 2 aromatic heterocycles. The lowest BCUT2D eigenvalue weighted by Gasteiger charge is -2.11. The van der Waals surface area contributed by atoms with Crippen LogP contribution in [-0.4, -0.2) is 20.2 Å². The van der Waals surface area contributed by atoms with Crippen LogP contribution in [-0.2, 0) is 12.6 Å². The molecule has 0 aliphatic rings. The molecular weight excluding hydrogens is 437 g/mol. The lowest BCUT2D eigenvalue weighted by atomic mass is 10.0. The summed E-state index contributed by atoms with van der Waals surface area (Å²) in [6, 6.07) is 8.61. The third-order valence-corrected chi connectivity index (χ3v) is 4.60. The Morgan fingerprint density at radius 3 is 2.52 bits per heavy atom. The van der Waals surface area contributed by atoms with Gasteiger partial charge < -0.3 is 5.84 Å². The van der Waals surface area contributed by atoms with Gasteiger partial charge in [0.05, 0.1) is 27.7 Å². The molecule has 0 unspecified atom stereocenters. The number of hydrogen-bond acceptors (Lipinski definition) is 6. The van der Waals surface area contributed by atoms with Crippen molar-refractivity contribution in [3.8, 4) is 11.8 Å². The molecule has 12 heteroatoms. The number of H-pyrrole nitrogens is 1. The minimum absolute atomic E-state index is 0.0377. The van der Waals surface area contributed by atoms with Gasteiger partial charge in [-0.25, -0.2) is 4.79 Å². The van der Waals surface area contributed by atoms with E-state index >= 15 is 0 Å². The highest BCUT2D eigenvalue weighted by Gasteiger charge is 2.31. The number of alkyl halides is 3. The average Bonchev–Trinajstić information content (AvgIpc) is 2.72. The molecule has 0 saturated heterocycles. The van der Waals surface area contributed by atoms with Gasteiger partial charge in [-0.05, 0) is 23.8 Å². The van der Waals surface area contributed by atoms with Crippen LogP contribution in [0.1, 0.15) is 22.4 Å². The quantitative estimate of drug-likeness (QED) is 0.359. The zero-order valence-corrected chi connectivity index (χ0v) is 16.2. The summed E-state index contributed by atoms with van der Waals surface area (Å²) in [7, 11) is 0. The Labute approximate surface area is 177 Å². The van der Waals surface area contributed by atoms with Gasteiger partial charge in [-0.3, -0.25) is 19.3 Å². The fourth-order valence-corrected chi connectivity index (χ4v) is 2.92. The third-order valence-electron chi connectivity index (χ3n) is 4.28. The Bertz CT molecular complexity index is 1320. The fraction of sp³-hybridized carbons (Fsp3) is 0.105. The molecule has 2 heterocycles. The summed E-state index contributed by atoms with van der Waals surface area (Å²) in [6.45, 7) is 0. The van der Waals surface area contributed by atoms with E-state index in [-0.39, 0.29) is 28.4 Å². The van der Waals surface area contributed by atoms with E-state index in [1.54, 1.807) is 18.2 Å². The van der Waals surface area contributed by atoms with Crippen LogP contribution in [0.15, 0.2) is 57.4 Å². The first-order chi connectivity index (χ1) is 14.6. The summed E-state index contributed by atoms with van der Waals surface area (Å²) in [4.78, 5) is 29.3. The lowest BCUT2D eigenvalue weighted by molar-refractivity contribution is -0.137. The third kappa shape index (κ3) is 4.65. The number of aromatic amines is 1. The molecule has 3 aromatic rings. The molecule has 1 aromatic carbocycles. The predicted molar refractivity (Wildman–Crippen MR) is 106 cm³/mol. The summed E-state index contributed by atoms with van der Waals surface area (Å²) >= 11 is 5.94. The molecule has 8 nitrogen and oxygen atoms in total. The van der Waals surface area contributed by atoms with Crippen molar-refractivity contribution in [2.45, 2.75) is 12.6 Å². The zero-order valence-electron chi connectivity index (χ0n) is 15.4. The Kier molecular flexibility index (Phi) is 5.94. The highest BCUT2D eigenvalue weighted by Crippen LogP contribution is 2.31. The number of nitriles is 1. The Morgan fingerprint density at radius 2 is 1.97 bits per heavy atom. The largest absolute Gasteiger partial charge is 0.417 e. The van der Waals surface area contributed by atoms with Gasteiger partial charge in [0.2, 0.25) is 0 Å². The smallest absolute Gasteiger partial charge is 0.323 e. The number of halogens is 4. The number of hydrogen-bond donors (Lipinski definition) is 2. The van der Waals surface area contributed by atoms with Crippen LogP contribution in [0, 0.1) is 11.3 Å². The molecule has 3 N–H and O–H groups in total. The Hall–Kier alpha value is -3.91. The highest BCUT2D eigenvalue weighted by atomic mass is 35.5. The molecule has 158 valence electrons. The van der Waals surface area contributed by atoms with Gasteiger partial charge in [-0.2, -0.15) is 23.5 Å². The van der Waals surface area contributed by atoms with Crippen LogP contribution in [0.3, 0.4) is 0 Å². The van der Waals surface area contributed by atoms with E-state index in [0.29, 0.717) is 17.4 Å². The zero-order chi connectivity index (χ0) is 22.8. The molecule has 0 amide bonds. The fourth-order valence-electron chi connectivity index (χ4n) is 2.69. The Balaban J connectivity index is 1.89. The maximum absolute atomic E-state index is 12.8. The molecule has 0 spiro atoms. The van der Waals surface area contributed by atoms with Crippen molar-refractivity contribution < 1.29 is 13.2 Å². The van der Waals surface area contributed by atoms with E-state index in [1.807, 2.05) is 4.98 Å². The predicted octanol–water partition coefficient (Wildman–Crippen LogP) is 2.37. The molecule has 31 heavy (non-hydrogen) atoms. The van der Waals surface area contributed by atoms with Crippen molar-refractivity contribution in [2.24, 2.45) is 10.9 Å². The minimum Gasteiger partial charge on any atom is -0.323 e. The van der Waals surface area contributed by atoms with Gasteiger partial charge in [-0.1, -0.05) is 23.7 Å². The van der Waals surface area contributed by atoms with Gasteiger partial charge in [0.1, 0.15) is 11.6 Å². The van der Waals surface area contributed by atoms with E-state index in [9.17, 15) is 22.8 Å². The molecular formula is C19H12ClF3N6O2. The second-order valence-corrected chi connectivity index (χ2v) is 6.64. The monoisotopic (exact) mass is 448 g/mol. The topological polar surface area (TPSA) is 130 Å². The van der Waals surface area contributed by atoms with Crippen LogP contribution < -0.4 is 17.1 Å². The summed E-state index contributed by atoms with van der Waals surface area (Å²) in [5.74, 6) is 5.44. The molecule has 0 bridgehead atoms. The first-order valence-electron chi connectivity index (χ1n) is 8.49. The van der Waals surface area contributed by atoms with Gasteiger partial charge in [-0.15, -0.1) is 0 Å². The number of aromatic nitrogens is 3. The van der Waals surface area contributed by atoms with Crippen molar-refractivity contribution in [3.05, 3.63) is 91.0 Å². The molecule has 3 rings (SSSR count). The van der Waals surface area contributed by atoms with Crippen LogP contribution in [0.5, 0.6) is 0 Å². The maximum atomic E-state index is 12.8. The van der Waals surface area contributed by atoms with Crippen molar-refractivity contribution in [1.82, 2.24) is 14.5 Å². The van der Waals surface area contributed by atoms with E-state index in [1.165, 1.54) is 12.1 Å². The number of nitrogens with two attached hydrogens (primary N) is 1.